The van der Waals surface area contributed by atoms with Crippen molar-refractivity contribution in [3.8, 4) is 0 Å². The molecule has 4 N–H and O–H groups in total. The normalized spacial score (nSPS) is 39.6. The molecule has 0 saturated heterocycles. The van der Waals surface area contributed by atoms with Gasteiger partial charge in [0.05, 0.1) is 12.2 Å². The summed E-state index contributed by atoms with van der Waals surface area (Å²) in [4.78, 5) is 8.60. The predicted molar refractivity (Wildman–Crippen MR) is 50.1 cm³/mol. The van der Waals surface area contributed by atoms with E-state index in [1.807, 2.05) is 0 Å². The summed E-state index contributed by atoms with van der Waals surface area (Å²) >= 11 is 0. The van der Waals surface area contributed by atoms with Crippen molar-refractivity contribution in [3.05, 3.63) is 0 Å². The molecular formula is C8H16O5P+. The first-order valence-corrected chi connectivity index (χ1v) is 6.08. The van der Waals surface area contributed by atoms with Crippen LogP contribution in [0.5, 0.6) is 0 Å². The van der Waals surface area contributed by atoms with E-state index in [1.165, 1.54) is 0 Å². The van der Waals surface area contributed by atoms with Crippen molar-refractivity contribution >= 4 is 8.03 Å². The second kappa shape index (κ2) is 5.14. The van der Waals surface area contributed by atoms with Crippen molar-refractivity contribution < 1.29 is 24.8 Å². The van der Waals surface area contributed by atoms with Gasteiger partial charge in [-0.1, -0.05) is 0 Å². The molecule has 0 aromatic carbocycles. The molecule has 0 spiro atoms. The lowest BCUT2D eigenvalue weighted by Crippen LogP contribution is -2.44. The van der Waals surface area contributed by atoms with Crippen molar-refractivity contribution in [2.75, 3.05) is 6.16 Å². The maximum absolute atomic E-state index is 10.4. The lowest BCUT2D eigenvalue weighted by Gasteiger charge is -2.33. The Morgan fingerprint density at radius 3 is 2.07 bits per heavy atom. The second-order valence-electron chi connectivity index (χ2n) is 3.83. The van der Waals surface area contributed by atoms with Gasteiger partial charge in [0.1, 0.15) is 6.10 Å². The molecule has 82 valence electrons. The van der Waals surface area contributed by atoms with Crippen molar-refractivity contribution in [3.63, 3.8) is 0 Å². The second-order valence-corrected chi connectivity index (χ2v) is 4.98. The van der Waals surface area contributed by atoms with Crippen LogP contribution in [0.15, 0.2) is 0 Å². The lowest BCUT2D eigenvalue weighted by atomic mass is 9.82. The minimum absolute atomic E-state index is 0.0227. The van der Waals surface area contributed by atoms with Gasteiger partial charge in [0.15, 0.2) is 6.16 Å². The molecule has 1 aliphatic rings. The fourth-order valence-electron chi connectivity index (χ4n) is 1.84. The molecule has 4 unspecified atom stereocenters. The standard InChI is InChI=1S/C8H15O5P/c9-6-3-5(1-2-14(12)13)4-7(10)8(6)11/h5-11H,1-4H2/p+1/t5?,6-,7?,8?/m0/s1. The van der Waals surface area contributed by atoms with Crippen LogP contribution < -0.4 is 0 Å². The van der Waals surface area contributed by atoms with Gasteiger partial charge in [-0.25, -0.2) is 0 Å². The van der Waals surface area contributed by atoms with Gasteiger partial charge in [-0.05, 0) is 29.7 Å². The first kappa shape index (κ1) is 12.0. The maximum atomic E-state index is 10.4. The van der Waals surface area contributed by atoms with Crippen LogP contribution in [0, 0.1) is 5.92 Å². The Balaban J connectivity index is 2.38. The zero-order chi connectivity index (χ0) is 10.7. The van der Waals surface area contributed by atoms with Crippen LogP contribution in [0.4, 0.5) is 0 Å². The van der Waals surface area contributed by atoms with Crippen molar-refractivity contribution in [1.29, 1.82) is 0 Å². The van der Waals surface area contributed by atoms with Gasteiger partial charge in [0, 0.05) is 0 Å². The number of aliphatic hydroxyl groups excluding tert-OH is 3. The molecule has 5 nitrogen and oxygen atoms in total. The Kier molecular flexibility index (Phi) is 4.41. The van der Waals surface area contributed by atoms with E-state index in [2.05, 4.69) is 0 Å². The van der Waals surface area contributed by atoms with Crippen LogP contribution in [0.1, 0.15) is 19.3 Å². The number of aliphatic hydroxyl groups is 3. The van der Waals surface area contributed by atoms with Gasteiger partial charge >= 0.3 is 8.03 Å². The van der Waals surface area contributed by atoms with Gasteiger partial charge in [-0.3, -0.25) is 0 Å². The molecule has 0 heterocycles. The Morgan fingerprint density at radius 2 is 1.64 bits per heavy atom. The quantitative estimate of drug-likeness (QED) is 0.488. The molecule has 0 bridgehead atoms. The Labute approximate surface area is 83.3 Å². The summed E-state index contributed by atoms with van der Waals surface area (Å²) in [6.07, 6.45) is -1.43. The highest BCUT2D eigenvalue weighted by Gasteiger charge is 2.35. The number of rotatable bonds is 3. The van der Waals surface area contributed by atoms with E-state index in [9.17, 15) is 19.9 Å². The third-order valence-corrected chi connectivity index (χ3v) is 3.31. The summed E-state index contributed by atoms with van der Waals surface area (Å²) in [5.74, 6) is 0.0227. The molecule has 0 radical (unpaired) electrons. The zero-order valence-corrected chi connectivity index (χ0v) is 8.68. The van der Waals surface area contributed by atoms with Crippen molar-refractivity contribution in [1.82, 2.24) is 0 Å². The third-order valence-electron chi connectivity index (χ3n) is 2.67. The van der Waals surface area contributed by atoms with E-state index in [4.69, 9.17) is 4.89 Å². The average Bonchev–Trinajstić information content (AvgIpc) is 2.10. The van der Waals surface area contributed by atoms with Crippen LogP contribution in [0.25, 0.3) is 0 Å². The molecule has 6 heteroatoms. The van der Waals surface area contributed by atoms with Crippen LogP contribution in [0.2, 0.25) is 0 Å². The molecule has 14 heavy (non-hydrogen) atoms. The minimum atomic E-state index is -2.14. The molecule has 0 aromatic rings. The minimum Gasteiger partial charge on any atom is -0.390 e. The fourth-order valence-corrected chi connectivity index (χ4v) is 2.43. The van der Waals surface area contributed by atoms with Crippen LogP contribution in [0.3, 0.4) is 0 Å². The van der Waals surface area contributed by atoms with E-state index in [1.54, 1.807) is 0 Å². The summed E-state index contributed by atoms with van der Waals surface area (Å²) in [6.45, 7) is 0. The highest BCUT2D eigenvalue weighted by molar-refractivity contribution is 7.37. The first-order valence-electron chi connectivity index (χ1n) is 4.68. The topological polar surface area (TPSA) is 98.0 Å². The molecule has 0 amide bonds. The summed E-state index contributed by atoms with van der Waals surface area (Å²) in [5.41, 5.74) is 0. The van der Waals surface area contributed by atoms with Crippen LogP contribution >= 0.6 is 8.03 Å². The van der Waals surface area contributed by atoms with Crippen molar-refractivity contribution in [2.24, 2.45) is 5.92 Å². The van der Waals surface area contributed by atoms with E-state index < -0.39 is 26.3 Å². The fraction of sp³-hybridized carbons (Fsp3) is 1.00. The molecule has 5 atom stereocenters. The molecule has 1 aliphatic carbocycles. The van der Waals surface area contributed by atoms with Gasteiger partial charge in [0.25, 0.3) is 0 Å². The van der Waals surface area contributed by atoms with Gasteiger partial charge in [-0.15, -0.1) is 0 Å². The summed E-state index contributed by atoms with van der Waals surface area (Å²) < 4.78 is 10.4. The average molecular weight is 223 g/mol. The Bertz CT molecular complexity index is 198. The Morgan fingerprint density at radius 1 is 1.14 bits per heavy atom. The molecule has 1 rings (SSSR count). The predicted octanol–water partition coefficient (Wildman–Crippen LogP) is -0.396. The summed E-state index contributed by atoms with van der Waals surface area (Å²) in [7, 11) is -2.14. The number of hydrogen-bond acceptors (Lipinski definition) is 4. The third kappa shape index (κ3) is 3.26. The number of hydrogen-bond donors (Lipinski definition) is 4. The SMILES string of the molecule is O=[P+](O)CCC1CC(O)C(O)[C@@H](O)C1. The molecular weight excluding hydrogens is 207 g/mol. The van der Waals surface area contributed by atoms with E-state index in [-0.39, 0.29) is 12.1 Å². The van der Waals surface area contributed by atoms with Crippen LogP contribution in [-0.2, 0) is 4.57 Å². The molecule has 0 aliphatic heterocycles. The van der Waals surface area contributed by atoms with E-state index >= 15 is 0 Å². The van der Waals surface area contributed by atoms with Gasteiger partial charge < -0.3 is 15.3 Å². The first-order chi connectivity index (χ1) is 6.50. The highest BCUT2D eigenvalue weighted by Crippen LogP contribution is 2.30. The monoisotopic (exact) mass is 223 g/mol. The van der Waals surface area contributed by atoms with Crippen LogP contribution in [-0.4, -0.2) is 44.7 Å². The van der Waals surface area contributed by atoms with Crippen molar-refractivity contribution in [2.45, 2.75) is 37.6 Å². The summed E-state index contributed by atoms with van der Waals surface area (Å²) in [5, 5.41) is 27.9. The lowest BCUT2D eigenvalue weighted by molar-refractivity contribution is -0.0999. The Hall–Kier alpha value is -0.0600. The summed E-state index contributed by atoms with van der Waals surface area (Å²) in [6, 6.07) is 0. The molecule has 0 aromatic heterocycles. The van der Waals surface area contributed by atoms with E-state index in [0.717, 1.165) is 0 Å². The van der Waals surface area contributed by atoms with Gasteiger partial charge in [-0.2, -0.15) is 4.89 Å². The van der Waals surface area contributed by atoms with Gasteiger partial charge in [0.2, 0.25) is 0 Å². The maximum Gasteiger partial charge on any atom is 0.505 e. The zero-order valence-electron chi connectivity index (χ0n) is 7.78. The largest absolute Gasteiger partial charge is 0.505 e. The molecule has 1 saturated carbocycles. The smallest absolute Gasteiger partial charge is 0.390 e. The molecule has 1 fully saturated rings. The van der Waals surface area contributed by atoms with E-state index in [0.29, 0.717) is 19.3 Å². The highest BCUT2D eigenvalue weighted by atomic mass is 31.1.